The fraction of sp³-hybridized carbons (Fsp3) is 0.882. The van der Waals surface area contributed by atoms with E-state index in [1.165, 1.54) is 0 Å². The van der Waals surface area contributed by atoms with Gasteiger partial charge in [-0.2, -0.15) is 0 Å². The Bertz CT molecular complexity index is 376. The van der Waals surface area contributed by atoms with Crippen LogP contribution in [0.5, 0.6) is 0 Å². The molecule has 1 heterocycles. The first-order chi connectivity index (χ1) is 9.50. The van der Waals surface area contributed by atoms with Crippen LogP contribution in [0.4, 0.5) is 4.79 Å². The van der Waals surface area contributed by atoms with Crippen LogP contribution in [-0.4, -0.2) is 35.0 Å². The summed E-state index contributed by atoms with van der Waals surface area (Å²) in [5.41, 5.74) is -0.853. The highest BCUT2D eigenvalue weighted by Gasteiger charge is 2.33. The van der Waals surface area contributed by atoms with Crippen molar-refractivity contribution in [3.05, 3.63) is 0 Å². The Morgan fingerprint density at radius 2 is 1.67 bits per heavy atom. The maximum Gasteiger partial charge on any atom is 0.410 e. The molecule has 1 aliphatic heterocycles. The maximum atomic E-state index is 12.4. The van der Waals surface area contributed by atoms with Gasteiger partial charge in [-0.3, -0.25) is 4.79 Å². The molecule has 0 aromatic heterocycles. The molecule has 0 bridgehead atoms. The predicted molar refractivity (Wildman–Crippen MR) is 84.3 cm³/mol. The van der Waals surface area contributed by atoms with Crippen molar-refractivity contribution in [2.75, 3.05) is 6.54 Å². The minimum absolute atomic E-state index is 0.0194. The molecule has 1 amide bonds. The highest BCUT2D eigenvalue weighted by atomic mass is 16.6. The monoisotopic (exact) mass is 297 g/mol. The van der Waals surface area contributed by atoms with E-state index in [0.717, 1.165) is 25.7 Å². The van der Waals surface area contributed by atoms with E-state index < -0.39 is 5.60 Å². The summed E-state index contributed by atoms with van der Waals surface area (Å²) < 4.78 is 5.51. The van der Waals surface area contributed by atoms with E-state index in [4.69, 9.17) is 4.74 Å². The van der Waals surface area contributed by atoms with Crippen molar-refractivity contribution in [1.29, 1.82) is 0 Å². The Balaban J connectivity index is 2.81. The van der Waals surface area contributed by atoms with Crippen LogP contribution in [0, 0.1) is 5.41 Å². The lowest BCUT2D eigenvalue weighted by Crippen LogP contribution is -2.45. The number of hydrogen-bond donors (Lipinski definition) is 0. The van der Waals surface area contributed by atoms with Crippen LogP contribution >= 0.6 is 0 Å². The van der Waals surface area contributed by atoms with Gasteiger partial charge in [0.15, 0.2) is 0 Å². The summed E-state index contributed by atoms with van der Waals surface area (Å²) in [5, 5.41) is 0. The summed E-state index contributed by atoms with van der Waals surface area (Å²) in [6.45, 7) is 12.1. The second-order valence-electron chi connectivity index (χ2n) is 8.05. The van der Waals surface area contributed by atoms with E-state index >= 15 is 0 Å². The highest BCUT2D eigenvalue weighted by molar-refractivity contribution is 5.84. The fourth-order valence-electron chi connectivity index (χ4n) is 2.47. The molecule has 4 nitrogen and oxygen atoms in total. The molecule has 1 saturated heterocycles. The number of amides is 1. The van der Waals surface area contributed by atoms with Gasteiger partial charge in [0, 0.05) is 24.4 Å². The van der Waals surface area contributed by atoms with Crippen LogP contribution in [0.1, 0.15) is 73.6 Å². The number of likely N-dealkylation sites (tertiary alicyclic amines) is 1. The number of rotatable bonds is 2. The number of Topliss-reactive ketones (excluding diaryl/α,β-unsaturated/α-hetero) is 1. The van der Waals surface area contributed by atoms with Gasteiger partial charge in [0.1, 0.15) is 11.4 Å². The topological polar surface area (TPSA) is 46.6 Å². The summed E-state index contributed by atoms with van der Waals surface area (Å²) in [4.78, 5) is 26.5. The number of nitrogens with zero attached hydrogens (tertiary/aromatic N) is 1. The van der Waals surface area contributed by atoms with Gasteiger partial charge in [0.2, 0.25) is 0 Å². The summed E-state index contributed by atoms with van der Waals surface area (Å²) in [5.74, 6) is 0.211. The molecule has 4 heteroatoms. The van der Waals surface area contributed by atoms with Gasteiger partial charge in [0.05, 0.1) is 0 Å². The molecular weight excluding hydrogens is 266 g/mol. The van der Waals surface area contributed by atoms with E-state index in [-0.39, 0.29) is 23.3 Å². The smallest absolute Gasteiger partial charge is 0.410 e. The number of ether oxygens (including phenoxy) is 1. The number of carbonyl (C=O) groups excluding carboxylic acids is 2. The molecule has 0 saturated carbocycles. The second-order valence-corrected chi connectivity index (χ2v) is 8.05. The highest BCUT2D eigenvalue weighted by Crippen LogP contribution is 2.26. The van der Waals surface area contributed by atoms with E-state index in [0.29, 0.717) is 13.0 Å². The van der Waals surface area contributed by atoms with Crippen LogP contribution in [0.3, 0.4) is 0 Å². The molecule has 21 heavy (non-hydrogen) atoms. The summed E-state index contributed by atoms with van der Waals surface area (Å²) in [6, 6.07) is -0.0194. The third-order valence-electron chi connectivity index (χ3n) is 3.76. The fourth-order valence-corrected chi connectivity index (χ4v) is 2.47. The molecule has 0 aliphatic carbocycles. The molecule has 1 unspecified atom stereocenters. The largest absolute Gasteiger partial charge is 0.444 e. The van der Waals surface area contributed by atoms with Gasteiger partial charge in [-0.05, 0) is 33.6 Å². The van der Waals surface area contributed by atoms with Gasteiger partial charge < -0.3 is 9.64 Å². The van der Waals surface area contributed by atoms with Crippen LogP contribution in [0.15, 0.2) is 0 Å². The Labute approximate surface area is 129 Å². The van der Waals surface area contributed by atoms with Crippen LogP contribution in [0.2, 0.25) is 0 Å². The van der Waals surface area contributed by atoms with Crippen molar-refractivity contribution in [3.63, 3.8) is 0 Å². The summed E-state index contributed by atoms with van der Waals surface area (Å²) in [7, 11) is 0. The molecule has 1 fully saturated rings. The molecule has 0 aromatic rings. The SMILES string of the molecule is CC(C)(C)OC(=O)N1CCCCCC1CC(=O)C(C)(C)C. The van der Waals surface area contributed by atoms with Crippen LogP contribution in [-0.2, 0) is 9.53 Å². The Hall–Kier alpha value is -1.06. The van der Waals surface area contributed by atoms with Gasteiger partial charge in [-0.25, -0.2) is 4.79 Å². The van der Waals surface area contributed by atoms with Gasteiger partial charge in [-0.15, -0.1) is 0 Å². The molecule has 1 aliphatic rings. The summed E-state index contributed by atoms with van der Waals surface area (Å²) >= 11 is 0. The average molecular weight is 297 g/mol. The van der Waals surface area contributed by atoms with Crippen LogP contribution in [0.25, 0.3) is 0 Å². The zero-order chi connectivity index (χ0) is 16.3. The van der Waals surface area contributed by atoms with Gasteiger partial charge >= 0.3 is 6.09 Å². The quantitative estimate of drug-likeness (QED) is 0.768. The number of ketones is 1. The third kappa shape index (κ3) is 6.06. The van der Waals surface area contributed by atoms with Gasteiger partial charge in [0.25, 0.3) is 0 Å². The molecule has 0 N–H and O–H groups in total. The molecule has 122 valence electrons. The molecule has 1 atom stereocenters. The van der Waals surface area contributed by atoms with Crippen molar-refractivity contribution < 1.29 is 14.3 Å². The number of hydrogen-bond acceptors (Lipinski definition) is 3. The lowest BCUT2D eigenvalue weighted by atomic mass is 9.86. The zero-order valence-corrected chi connectivity index (χ0v) is 14.5. The van der Waals surface area contributed by atoms with E-state index in [9.17, 15) is 9.59 Å². The molecule has 0 aromatic carbocycles. The molecule has 1 rings (SSSR count). The molecule has 0 radical (unpaired) electrons. The Morgan fingerprint density at radius 3 is 2.19 bits per heavy atom. The minimum Gasteiger partial charge on any atom is -0.444 e. The van der Waals surface area contributed by atoms with Crippen molar-refractivity contribution >= 4 is 11.9 Å². The lowest BCUT2D eigenvalue weighted by Gasteiger charge is -2.33. The van der Waals surface area contributed by atoms with Crippen LogP contribution < -0.4 is 0 Å². The Kier molecular flexibility index (Phi) is 5.83. The van der Waals surface area contributed by atoms with E-state index in [2.05, 4.69) is 0 Å². The first kappa shape index (κ1) is 18.0. The van der Waals surface area contributed by atoms with Gasteiger partial charge in [-0.1, -0.05) is 33.6 Å². The maximum absolute atomic E-state index is 12.4. The zero-order valence-electron chi connectivity index (χ0n) is 14.5. The van der Waals surface area contributed by atoms with Crippen molar-refractivity contribution in [2.24, 2.45) is 5.41 Å². The molecular formula is C17H31NO3. The first-order valence-corrected chi connectivity index (χ1v) is 8.03. The van der Waals surface area contributed by atoms with E-state index in [1.807, 2.05) is 41.5 Å². The van der Waals surface area contributed by atoms with Crippen molar-refractivity contribution in [2.45, 2.75) is 85.3 Å². The minimum atomic E-state index is -0.498. The number of carbonyl (C=O) groups is 2. The van der Waals surface area contributed by atoms with Crippen molar-refractivity contribution in [3.8, 4) is 0 Å². The lowest BCUT2D eigenvalue weighted by molar-refractivity contribution is -0.127. The standard InChI is InChI=1S/C17H31NO3/c1-16(2,3)14(19)12-13-10-8-7-9-11-18(13)15(20)21-17(4,5)6/h13H,7-12H2,1-6H3. The third-order valence-corrected chi connectivity index (χ3v) is 3.76. The average Bonchev–Trinajstić information content (AvgIpc) is 2.50. The predicted octanol–water partition coefficient (Wildman–Crippen LogP) is 4.17. The van der Waals surface area contributed by atoms with E-state index in [1.54, 1.807) is 4.90 Å². The normalized spacial score (nSPS) is 20.9. The van der Waals surface area contributed by atoms with Crippen molar-refractivity contribution in [1.82, 2.24) is 4.90 Å². The Morgan fingerprint density at radius 1 is 1.05 bits per heavy atom. The molecule has 0 spiro atoms. The second kappa shape index (κ2) is 6.80. The first-order valence-electron chi connectivity index (χ1n) is 8.03. The summed E-state index contributed by atoms with van der Waals surface area (Å²) in [6.07, 6.45) is 4.21.